The van der Waals surface area contributed by atoms with E-state index in [0.29, 0.717) is 0 Å². The van der Waals surface area contributed by atoms with E-state index in [1.165, 1.54) is 5.56 Å². The molecule has 0 amide bonds. The van der Waals surface area contributed by atoms with Gasteiger partial charge < -0.3 is 9.30 Å². The van der Waals surface area contributed by atoms with E-state index in [0.717, 1.165) is 28.8 Å². The molecule has 1 aromatic heterocycles. The molecule has 0 N–H and O–H groups in total. The summed E-state index contributed by atoms with van der Waals surface area (Å²) in [6.45, 7) is 2.39. The van der Waals surface area contributed by atoms with E-state index in [1.807, 2.05) is 36.4 Å². The molecule has 0 aliphatic carbocycles. The van der Waals surface area contributed by atoms with Crippen molar-refractivity contribution >= 4 is 16.7 Å². The molecule has 3 heteroatoms. The van der Waals surface area contributed by atoms with Crippen LogP contribution in [0.2, 0.25) is 0 Å². The second kappa shape index (κ2) is 5.44. The molecule has 0 spiro atoms. The Kier molecular flexibility index (Phi) is 3.48. The third kappa shape index (κ3) is 2.68. The molecule has 106 valence electrons. The average molecular weight is 279 g/mol. The van der Waals surface area contributed by atoms with Gasteiger partial charge in [0.25, 0.3) is 0 Å². The molecular formula is C18H17NO2. The Morgan fingerprint density at radius 2 is 1.86 bits per heavy atom. The van der Waals surface area contributed by atoms with Gasteiger partial charge in [0.05, 0.1) is 7.11 Å². The van der Waals surface area contributed by atoms with Gasteiger partial charge in [-0.05, 0) is 48.9 Å². The fraction of sp³-hybridized carbons (Fsp3) is 0.167. The van der Waals surface area contributed by atoms with Crippen LogP contribution in [0.4, 0.5) is 0 Å². The fourth-order valence-electron chi connectivity index (χ4n) is 2.48. The van der Waals surface area contributed by atoms with Crippen LogP contribution < -0.4 is 4.74 Å². The van der Waals surface area contributed by atoms with Crippen LogP contribution in [0.3, 0.4) is 0 Å². The molecule has 21 heavy (non-hydrogen) atoms. The lowest BCUT2D eigenvalue weighted by atomic mass is 10.1. The van der Waals surface area contributed by atoms with Gasteiger partial charge in [-0.15, -0.1) is 0 Å². The summed E-state index contributed by atoms with van der Waals surface area (Å²) in [6, 6.07) is 15.9. The Morgan fingerprint density at radius 3 is 2.52 bits per heavy atom. The smallest absolute Gasteiger partial charge is 0.159 e. The first kappa shape index (κ1) is 13.4. The van der Waals surface area contributed by atoms with Crippen molar-refractivity contribution in [3.63, 3.8) is 0 Å². The zero-order valence-corrected chi connectivity index (χ0v) is 12.2. The molecule has 0 saturated heterocycles. The first-order valence-corrected chi connectivity index (χ1v) is 6.90. The summed E-state index contributed by atoms with van der Waals surface area (Å²) in [5, 5.41) is 1.09. The lowest BCUT2D eigenvalue weighted by molar-refractivity contribution is 0.101. The summed E-state index contributed by atoms with van der Waals surface area (Å²) in [7, 11) is 1.67. The summed E-state index contributed by atoms with van der Waals surface area (Å²) in [6.07, 6.45) is 2.05. The highest BCUT2D eigenvalue weighted by atomic mass is 16.5. The molecule has 0 saturated carbocycles. The number of methoxy groups -OCH3 is 1. The number of Topliss-reactive ketones (excluding diaryl/α,β-unsaturated/α-hetero) is 1. The third-order valence-corrected chi connectivity index (χ3v) is 3.69. The minimum absolute atomic E-state index is 0.0970. The predicted molar refractivity (Wildman–Crippen MR) is 84.0 cm³/mol. The zero-order chi connectivity index (χ0) is 14.8. The van der Waals surface area contributed by atoms with Crippen molar-refractivity contribution in [2.45, 2.75) is 13.5 Å². The van der Waals surface area contributed by atoms with Crippen LogP contribution in [0.1, 0.15) is 22.8 Å². The highest BCUT2D eigenvalue weighted by Crippen LogP contribution is 2.20. The van der Waals surface area contributed by atoms with Gasteiger partial charge in [0.1, 0.15) is 5.75 Å². The van der Waals surface area contributed by atoms with Gasteiger partial charge in [-0.1, -0.05) is 12.1 Å². The third-order valence-electron chi connectivity index (χ3n) is 3.69. The lowest BCUT2D eigenvalue weighted by Gasteiger charge is -2.07. The Morgan fingerprint density at radius 1 is 1.10 bits per heavy atom. The predicted octanol–water partition coefficient (Wildman–Crippen LogP) is 3.90. The SMILES string of the molecule is COc1ccc(Cn2ccc3cc(C(C)=O)ccc32)cc1. The summed E-state index contributed by atoms with van der Waals surface area (Å²) >= 11 is 0. The molecule has 0 radical (unpaired) electrons. The number of aromatic nitrogens is 1. The average Bonchev–Trinajstić information content (AvgIpc) is 2.90. The molecule has 3 rings (SSSR count). The number of ether oxygens (including phenoxy) is 1. The molecule has 3 nitrogen and oxygen atoms in total. The number of benzene rings is 2. The van der Waals surface area contributed by atoms with Gasteiger partial charge in [0.2, 0.25) is 0 Å². The number of hydrogen-bond donors (Lipinski definition) is 0. The molecule has 0 aliphatic heterocycles. The first-order chi connectivity index (χ1) is 10.2. The Bertz CT molecular complexity index is 785. The van der Waals surface area contributed by atoms with Gasteiger partial charge in [-0.3, -0.25) is 4.79 Å². The van der Waals surface area contributed by atoms with E-state index in [1.54, 1.807) is 14.0 Å². The van der Waals surface area contributed by atoms with Crippen LogP contribution in [0, 0.1) is 0 Å². The number of nitrogens with zero attached hydrogens (tertiary/aromatic N) is 1. The van der Waals surface area contributed by atoms with E-state index < -0.39 is 0 Å². The second-order valence-electron chi connectivity index (χ2n) is 5.12. The molecule has 0 fully saturated rings. The number of carbonyl (C=O) groups is 1. The van der Waals surface area contributed by atoms with Crippen molar-refractivity contribution in [1.82, 2.24) is 4.57 Å². The second-order valence-corrected chi connectivity index (χ2v) is 5.12. The number of fused-ring (bicyclic) bond motifs is 1. The van der Waals surface area contributed by atoms with Crippen molar-refractivity contribution < 1.29 is 9.53 Å². The van der Waals surface area contributed by atoms with Gasteiger partial charge >= 0.3 is 0 Å². The van der Waals surface area contributed by atoms with Gasteiger partial charge in [0, 0.05) is 29.2 Å². The molecule has 2 aromatic carbocycles. The van der Waals surface area contributed by atoms with Crippen LogP contribution in [0.5, 0.6) is 5.75 Å². The molecule has 0 unspecified atom stereocenters. The summed E-state index contributed by atoms with van der Waals surface area (Å²) in [5.74, 6) is 0.960. The number of rotatable bonds is 4. The van der Waals surface area contributed by atoms with E-state index >= 15 is 0 Å². The molecular weight excluding hydrogens is 262 g/mol. The van der Waals surface area contributed by atoms with Crippen LogP contribution >= 0.6 is 0 Å². The van der Waals surface area contributed by atoms with Crippen molar-refractivity contribution in [3.8, 4) is 5.75 Å². The largest absolute Gasteiger partial charge is 0.497 e. The van der Waals surface area contributed by atoms with E-state index in [4.69, 9.17) is 4.74 Å². The Balaban J connectivity index is 1.91. The minimum Gasteiger partial charge on any atom is -0.497 e. The van der Waals surface area contributed by atoms with E-state index in [-0.39, 0.29) is 5.78 Å². The van der Waals surface area contributed by atoms with Crippen LogP contribution in [-0.4, -0.2) is 17.5 Å². The quantitative estimate of drug-likeness (QED) is 0.678. The number of hydrogen-bond acceptors (Lipinski definition) is 2. The minimum atomic E-state index is 0.0970. The van der Waals surface area contributed by atoms with Crippen LogP contribution in [-0.2, 0) is 6.54 Å². The highest BCUT2D eigenvalue weighted by Gasteiger charge is 2.05. The maximum absolute atomic E-state index is 11.4. The highest BCUT2D eigenvalue weighted by molar-refractivity contribution is 5.98. The summed E-state index contributed by atoms with van der Waals surface area (Å²) in [5.41, 5.74) is 3.10. The molecule has 0 bridgehead atoms. The molecule has 3 aromatic rings. The van der Waals surface area contributed by atoms with Crippen molar-refractivity contribution in [1.29, 1.82) is 0 Å². The molecule has 0 atom stereocenters. The standard InChI is InChI=1S/C18H17NO2/c1-13(20)15-5-8-18-16(11-15)9-10-19(18)12-14-3-6-17(21-2)7-4-14/h3-11H,12H2,1-2H3. The Hall–Kier alpha value is -2.55. The number of carbonyl (C=O) groups excluding carboxylic acids is 1. The van der Waals surface area contributed by atoms with Crippen molar-refractivity contribution in [2.75, 3.05) is 7.11 Å². The number of ketones is 1. The summed E-state index contributed by atoms with van der Waals surface area (Å²) in [4.78, 5) is 11.4. The van der Waals surface area contributed by atoms with Gasteiger partial charge in [-0.25, -0.2) is 0 Å². The topological polar surface area (TPSA) is 31.2 Å². The maximum Gasteiger partial charge on any atom is 0.159 e. The van der Waals surface area contributed by atoms with Gasteiger partial charge in [-0.2, -0.15) is 0 Å². The Labute approximate surface area is 123 Å². The monoisotopic (exact) mass is 279 g/mol. The normalized spacial score (nSPS) is 10.8. The molecule has 1 heterocycles. The zero-order valence-electron chi connectivity index (χ0n) is 12.2. The van der Waals surface area contributed by atoms with Crippen molar-refractivity contribution in [3.05, 3.63) is 65.9 Å². The van der Waals surface area contributed by atoms with Crippen LogP contribution in [0.15, 0.2) is 54.7 Å². The first-order valence-electron chi connectivity index (χ1n) is 6.90. The maximum atomic E-state index is 11.4. The van der Waals surface area contributed by atoms with Crippen molar-refractivity contribution in [2.24, 2.45) is 0 Å². The molecule has 0 aliphatic rings. The summed E-state index contributed by atoms with van der Waals surface area (Å²) < 4.78 is 7.35. The van der Waals surface area contributed by atoms with E-state index in [9.17, 15) is 4.79 Å². The van der Waals surface area contributed by atoms with Crippen LogP contribution in [0.25, 0.3) is 10.9 Å². The lowest BCUT2D eigenvalue weighted by Crippen LogP contribution is -1.98. The fourth-order valence-corrected chi connectivity index (χ4v) is 2.48. The van der Waals surface area contributed by atoms with Gasteiger partial charge in [0.15, 0.2) is 5.78 Å². The van der Waals surface area contributed by atoms with E-state index in [2.05, 4.69) is 22.9 Å².